The normalized spacial score (nSPS) is 10.0. The standard InChI is InChI=1S/C13H9BrClN3O3/c14-8-4-3-7(15)6-10(8)18-13(21)17-9-2-1-5-16-11(9)12(19)20/h1-6H,(H,19,20)(H2,17,18,21). The van der Waals surface area contributed by atoms with E-state index in [9.17, 15) is 9.59 Å². The number of hydrogen-bond donors (Lipinski definition) is 3. The molecule has 0 bridgehead atoms. The van der Waals surface area contributed by atoms with Gasteiger partial charge in [0.15, 0.2) is 5.69 Å². The fourth-order valence-electron chi connectivity index (χ4n) is 1.55. The molecule has 8 heteroatoms. The van der Waals surface area contributed by atoms with Gasteiger partial charge in [0.25, 0.3) is 0 Å². The molecule has 0 unspecified atom stereocenters. The zero-order chi connectivity index (χ0) is 15.4. The van der Waals surface area contributed by atoms with Crippen molar-refractivity contribution < 1.29 is 14.7 Å². The van der Waals surface area contributed by atoms with E-state index in [0.717, 1.165) is 0 Å². The van der Waals surface area contributed by atoms with E-state index in [1.54, 1.807) is 18.2 Å². The number of benzene rings is 1. The number of nitrogens with zero attached hydrogens (tertiary/aromatic N) is 1. The summed E-state index contributed by atoms with van der Waals surface area (Å²) in [5, 5.41) is 14.4. The van der Waals surface area contributed by atoms with E-state index in [1.165, 1.54) is 18.3 Å². The van der Waals surface area contributed by atoms with Crippen molar-refractivity contribution in [2.45, 2.75) is 0 Å². The van der Waals surface area contributed by atoms with Crippen LogP contribution in [-0.2, 0) is 0 Å². The van der Waals surface area contributed by atoms with Crippen LogP contribution in [0, 0.1) is 0 Å². The van der Waals surface area contributed by atoms with Crippen molar-refractivity contribution in [2.75, 3.05) is 10.6 Å². The van der Waals surface area contributed by atoms with Gasteiger partial charge in [-0.25, -0.2) is 14.6 Å². The molecule has 3 N–H and O–H groups in total. The highest BCUT2D eigenvalue weighted by Gasteiger charge is 2.14. The predicted molar refractivity (Wildman–Crippen MR) is 83.0 cm³/mol. The van der Waals surface area contributed by atoms with Crippen LogP contribution in [-0.4, -0.2) is 22.1 Å². The molecule has 1 aromatic heterocycles. The van der Waals surface area contributed by atoms with Gasteiger partial charge in [0.1, 0.15) is 0 Å². The lowest BCUT2D eigenvalue weighted by Gasteiger charge is -2.10. The van der Waals surface area contributed by atoms with E-state index in [-0.39, 0.29) is 11.4 Å². The first kappa shape index (κ1) is 15.3. The molecule has 2 aromatic rings. The Labute approximate surface area is 133 Å². The highest BCUT2D eigenvalue weighted by Crippen LogP contribution is 2.26. The van der Waals surface area contributed by atoms with Gasteiger partial charge in [-0.05, 0) is 46.3 Å². The molecule has 0 aliphatic rings. The number of amides is 2. The second-order valence-corrected chi connectivity index (χ2v) is 5.20. The minimum absolute atomic E-state index is 0.0978. The molecule has 0 saturated heterocycles. The van der Waals surface area contributed by atoms with Crippen molar-refractivity contribution in [3.05, 3.63) is 51.7 Å². The van der Waals surface area contributed by atoms with Crippen molar-refractivity contribution in [3.63, 3.8) is 0 Å². The topological polar surface area (TPSA) is 91.3 Å². The molecule has 0 radical (unpaired) electrons. The highest BCUT2D eigenvalue weighted by atomic mass is 79.9. The Balaban J connectivity index is 2.16. The number of carbonyl (C=O) groups excluding carboxylic acids is 1. The first-order valence-electron chi connectivity index (χ1n) is 5.69. The molecule has 1 aromatic carbocycles. The van der Waals surface area contributed by atoms with Gasteiger partial charge in [0, 0.05) is 15.7 Å². The Morgan fingerprint density at radius 3 is 2.62 bits per heavy atom. The van der Waals surface area contributed by atoms with Crippen LogP contribution >= 0.6 is 27.5 Å². The summed E-state index contributed by atoms with van der Waals surface area (Å²) in [7, 11) is 0. The summed E-state index contributed by atoms with van der Waals surface area (Å²) in [5.74, 6) is -1.23. The van der Waals surface area contributed by atoms with Gasteiger partial charge in [0.2, 0.25) is 0 Å². The molecular weight excluding hydrogens is 362 g/mol. The first-order valence-corrected chi connectivity index (χ1v) is 6.86. The Bertz CT molecular complexity index is 709. The Hall–Kier alpha value is -2.12. The lowest BCUT2D eigenvalue weighted by atomic mass is 10.3. The molecule has 0 aliphatic heterocycles. The molecule has 2 rings (SSSR count). The molecule has 0 aliphatic carbocycles. The van der Waals surface area contributed by atoms with E-state index < -0.39 is 12.0 Å². The largest absolute Gasteiger partial charge is 0.476 e. The fourth-order valence-corrected chi connectivity index (χ4v) is 2.06. The van der Waals surface area contributed by atoms with Gasteiger partial charge < -0.3 is 15.7 Å². The summed E-state index contributed by atoms with van der Waals surface area (Å²) < 4.78 is 0.645. The van der Waals surface area contributed by atoms with Gasteiger partial charge in [-0.3, -0.25) is 0 Å². The maximum atomic E-state index is 11.9. The zero-order valence-electron chi connectivity index (χ0n) is 10.4. The van der Waals surface area contributed by atoms with Gasteiger partial charge in [0.05, 0.1) is 11.4 Å². The number of aromatic nitrogens is 1. The van der Waals surface area contributed by atoms with Gasteiger partial charge in [-0.1, -0.05) is 11.6 Å². The smallest absolute Gasteiger partial charge is 0.356 e. The third-order valence-corrected chi connectivity index (χ3v) is 3.36. The number of anilines is 2. The second-order valence-electron chi connectivity index (χ2n) is 3.91. The number of carbonyl (C=O) groups is 2. The third-order valence-electron chi connectivity index (χ3n) is 2.44. The molecule has 1 heterocycles. The van der Waals surface area contributed by atoms with Crippen LogP contribution in [0.15, 0.2) is 41.0 Å². The fraction of sp³-hybridized carbons (Fsp3) is 0. The van der Waals surface area contributed by atoms with Crippen molar-refractivity contribution in [2.24, 2.45) is 0 Å². The molecule has 0 spiro atoms. The minimum atomic E-state index is -1.23. The first-order chi connectivity index (χ1) is 9.97. The van der Waals surface area contributed by atoms with E-state index in [4.69, 9.17) is 16.7 Å². The molecule has 21 heavy (non-hydrogen) atoms. The monoisotopic (exact) mass is 369 g/mol. The Morgan fingerprint density at radius 1 is 1.19 bits per heavy atom. The molecular formula is C13H9BrClN3O3. The summed E-state index contributed by atoms with van der Waals surface area (Å²) >= 11 is 9.12. The van der Waals surface area contributed by atoms with Crippen LogP contribution in [0.3, 0.4) is 0 Å². The van der Waals surface area contributed by atoms with Crippen LogP contribution < -0.4 is 10.6 Å². The van der Waals surface area contributed by atoms with Crippen LogP contribution in [0.25, 0.3) is 0 Å². The maximum absolute atomic E-state index is 11.9. The number of nitrogens with one attached hydrogen (secondary N) is 2. The van der Waals surface area contributed by atoms with Crippen molar-refractivity contribution in [1.29, 1.82) is 0 Å². The molecule has 0 atom stereocenters. The maximum Gasteiger partial charge on any atom is 0.356 e. The van der Waals surface area contributed by atoms with Crippen LogP contribution in [0.1, 0.15) is 10.5 Å². The molecule has 108 valence electrons. The summed E-state index contributed by atoms with van der Waals surface area (Å²) in [4.78, 5) is 26.6. The van der Waals surface area contributed by atoms with Crippen molar-refractivity contribution >= 4 is 50.9 Å². The molecule has 0 fully saturated rings. The number of carboxylic acids is 1. The summed E-state index contributed by atoms with van der Waals surface area (Å²) in [6.45, 7) is 0. The van der Waals surface area contributed by atoms with E-state index in [1.807, 2.05) is 0 Å². The van der Waals surface area contributed by atoms with E-state index >= 15 is 0 Å². The number of halogens is 2. The lowest BCUT2D eigenvalue weighted by Crippen LogP contribution is -2.21. The van der Waals surface area contributed by atoms with E-state index in [2.05, 4.69) is 31.5 Å². The predicted octanol–water partition coefficient (Wildman–Crippen LogP) is 3.84. The number of urea groups is 1. The quantitative estimate of drug-likeness (QED) is 0.765. The summed E-state index contributed by atoms with van der Waals surface area (Å²) in [6, 6.07) is 7.28. The van der Waals surface area contributed by atoms with Gasteiger partial charge in [-0.2, -0.15) is 0 Å². The number of pyridine rings is 1. The van der Waals surface area contributed by atoms with E-state index in [0.29, 0.717) is 15.2 Å². The lowest BCUT2D eigenvalue weighted by molar-refractivity contribution is 0.0692. The van der Waals surface area contributed by atoms with Crippen LogP contribution in [0.5, 0.6) is 0 Å². The Morgan fingerprint density at radius 2 is 1.90 bits per heavy atom. The number of hydrogen-bond acceptors (Lipinski definition) is 3. The molecule has 6 nitrogen and oxygen atoms in total. The third kappa shape index (κ3) is 3.93. The average Bonchev–Trinajstić information content (AvgIpc) is 2.43. The van der Waals surface area contributed by atoms with Gasteiger partial charge in [-0.15, -0.1) is 0 Å². The molecule has 2 amide bonds. The zero-order valence-corrected chi connectivity index (χ0v) is 12.8. The van der Waals surface area contributed by atoms with Gasteiger partial charge >= 0.3 is 12.0 Å². The highest BCUT2D eigenvalue weighted by molar-refractivity contribution is 9.10. The molecule has 0 saturated carbocycles. The Kier molecular flexibility index (Phi) is 4.77. The SMILES string of the molecule is O=C(Nc1cc(Cl)ccc1Br)Nc1cccnc1C(=O)O. The van der Waals surface area contributed by atoms with Crippen LogP contribution in [0.4, 0.5) is 16.2 Å². The number of rotatable bonds is 3. The number of carboxylic acid groups (broad SMARTS) is 1. The average molecular weight is 371 g/mol. The summed E-state index contributed by atoms with van der Waals surface area (Å²) in [6.07, 6.45) is 1.33. The number of aromatic carboxylic acids is 1. The van der Waals surface area contributed by atoms with Crippen LogP contribution in [0.2, 0.25) is 5.02 Å². The van der Waals surface area contributed by atoms with Crippen molar-refractivity contribution in [1.82, 2.24) is 4.98 Å². The van der Waals surface area contributed by atoms with Crippen molar-refractivity contribution in [3.8, 4) is 0 Å². The minimum Gasteiger partial charge on any atom is -0.476 e. The second kappa shape index (κ2) is 6.55. The summed E-state index contributed by atoms with van der Waals surface area (Å²) in [5.41, 5.74) is 0.319.